The van der Waals surface area contributed by atoms with Gasteiger partial charge in [-0.15, -0.1) is 0 Å². The molecule has 1 N–H and O–H groups in total. The fourth-order valence-electron chi connectivity index (χ4n) is 5.73. The van der Waals surface area contributed by atoms with E-state index < -0.39 is 53.9 Å². The topological polar surface area (TPSA) is 126 Å². The van der Waals surface area contributed by atoms with Gasteiger partial charge in [-0.25, -0.2) is 14.8 Å². The minimum absolute atomic E-state index is 0.00319. The third kappa shape index (κ3) is 7.69. The summed E-state index contributed by atoms with van der Waals surface area (Å²) >= 11 is 0. The van der Waals surface area contributed by atoms with E-state index in [1.807, 2.05) is 6.07 Å². The summed E-state index contributed by atoms with van der Waals surface area (Å²) in [5, 5.41) is 13.8. The Labute approximate surface area is 281 Å². The van der Waals surface area contributed by atoms with Gasteiger partial charge in [-0.05, 0) is 62.1 Å². The summed E-state index contributed by atoms with van der Waals surface area (Å²) in [4.78, 5) is 57.3. The average molecular weight is 658 g/mol. The lowest BCUT2D eigenvalue weighted by atomic mass is 9.96. The fraction of sp³-hybridized carbons (Fsp3) is 0.351. The summed E-state index contributed by atoms with van der Waals surface area (Å²) in [5.41, 5.74) is 1.61. The number of hydrogen-bond donors (Lipinski definition) is 1. The number of amides is 3. The van der Waals surface area contributed by atoms with Crippen molar-refractivity contribution in [3.63, 3.8) is 0 Å². The van der Waals surface area contributed by atoms with Gasteiger partial charge in [0.2, 0.25) is 5.91 Å². The minimum atomic E-state index is -1.84. The summed E-state index contributed by atoms with van der Waals surface area (Å²) in [6.45, 7) is 8.16. The van der Waals surface area contributed by atoms with Crippen LogP contribution in [-0.4, -0.2) is 82.2 Å². The van der Waals surface area contributed by atoms with Crippen molar-refractivity contribution in [3.8, 4) is 11.5 Å². The molecule has 3 atom stereocenters. The summed E-state index contributed by atoms with van der Waals surface area (Å²) in [5.74, 6) is -2.25. The lowest BCUT2D eigenvalue weighted by Gasteiger charge is -2.47. The second kappa shape index (κ2) is 15.6. The van der Waals surface area contributed by atoms with E-state index in [1.54, 1.807) is 100 Å². The molecule has 48 heavy (non-hydrogen) atoms. The summed E-state index contributed by atoms with van der Waals surface area (Å²) < 4.78 is 16.4. The number of hydrazine groups is 1. The van der Waals surface area contributed by atoms with E-state index in [0.29, 0.717) is 28.2 Å². The first-order valence-corrected chi connectivity index (χ1v) is 15.8. The first-order chi connectivity index (χ1) is 22.9. The Bertz CT molecular complexity index is 1640. The van der Waals surface area contributed by atoms with Gasteiger partial charge in [-0.3, -0.25) is 19.3 Å². The van der Waals surface area contributed by atoms with Crippen LogP contribution >= 0.6 is 0 Å². The number of aliphatic hydroxyl groups is 1. The Hall–Kier alpha value is -5.16. The predicted octanol–water partition coefficient (Wildman–Crippen LogP) is 4.70. The number of methoxy groups -OCH3 is 2. The van der Waals surface area contributed by atoms with E-state index >= 15 is 0 Å². The molecule has 4 rings (SSSR count). The van der Waals surface area contributed by atoms with Crippen LogP contribution in [0.25, 0.3) is 5.70 Å². The Morgan fingerprint density at radius 3 is 2.02 bits per heavy atom. The van der Waals surface area contributed by atoms with Gasteiger partial charge in [0.05, 0.1) is 32.1 Å². The van der Waals surface area contributed by atoms with Crippen LogP contribution < -0.4 is 9.47 Å². The Kier molecular flexibility index (Phi) is 11.6. The zero-order valence-electron chi connectivity index (χ0n) is 28.3. The van der Waals surface area contributed by atoms with Crippen LogP contribution in [0.4, 0.5) is 0 Å². The molecular formula is C37H43N3O8. The van der Waals surface area contributed by atoms with Crippen molar-refractivity contribution in [1.29, 1.82) is 0 Å². The van der Waals surface area contributed by atoms with Crippen LogP contribution in [-0.2, 0) is 25.5 Å². The van der Waals surface area contributed by atoms with E-state index in [0.717, 1.165) is 5.01 Å². The number of aliphatic hydroxyl groups excluding tert-OH is 1. The van der Waals surface area contributed by atoms with E-state index in [-0.39, 0.29) is 12.1 Å². The summed E-state index contributed by atoms with van der Waals surface area (Å²) in [6, 6.07) is 20.2. The van der Waals surface area contributed by atoms with Gasteiger partial charge in [0.25, 0.3) is 11.8 Å². The first-order valence-electron chi connectivity index (χ1n) is 15.8. The van der Waals surface area contributed by atoms with Crippen molar-refractivity contribution < 1.29 is 38.5 Å². The Morgan fingerprint density at radius 1 is 0.875 bits per heavy atom. The smallest absolute Gasteiger partial charge is 0.337 e. The van der Waals surface area contributed by atoms with Crippen molar-refractivity contribution in [1.82, 2.24) is 14.9 Å². The molecular weight excluding hydrogens is 614 g/mol. The molecule has 0 saturated heterocycles. The third-order valence-corrected chi connectivity index (χ3v) is 7.91. The molecule has 1 heterocycles. The Balaban J connectivity index is 1.99. The Morgan fingerprint density at radius 2 is 1.48 bits per heavy atom. The summed E-state index contributed by atoms with van der Waals surface area (Å²) in [6.07, 6.45) is -0.859. The highest BCUT2D eigenvalue weighted by Crippen LogP contribution is 2.37. The standard InChI is InChI=1S/C37H43N3O8/c1-23(2)33-36(44)40(39(25(5)41)29(20-26-14-10-8-11-15-26)34(42)37(45)48-24(3)4)30(28-18-19-31(46-6)32(21-28)47-7)22-38(33)35(43)27-16-12-9-13-17-27/h8-19,21-24,29,33-34,42H,20H2,1-7H3/t29-,33?,34?/m0/s1. The summed E-state index contributed by atoms with van der Waals surface area (Å²) in [7, 11) is 2.96. The average Bonchev–Trinajstić information content (AvgIpc) is 3.07. The molecule has 0 aliphatic carbocycles. The molecule has 3 aromatic carbocycles. The fourth-order valence-corrected chi connectivity index (χ4v) is 5.73. The van der Waals surface area contributed by atoms with Crippen LogP contribution in [0.5, 0.6) is 11.5 Å². The molecule has 0 radical (unpaired) electrons. The van der Waals surface area contributed by atoms with Crippen molar-refractivity contribution >= 4 is 29.4 Å². The molecule has 0 saturated carbocycles. The van der Waals surface area contributed by atoms with Crippen LogP contribution in [0, 0.1) is 5.92 Å². The lowest BCUT2D eigenvalue weighted by Crippen LogP contribution is -2.64. The molecule has 1 aliphatic heterocycles. The molecule has 0 fully saturated rings. The largest absolute Gasteiger partial charge is 0.493 e. The van der Waals surface area contributed by atoms with Crippen LogP contribution in [0.2, 0.25) is 0 Å². The zero-order valence-corrected chi connectivity index (χ0v) is 28.3. The number of ether oxygens (including phenoxy) is 3. The zero-order chi connectivity index (χ0) is 35.1. The molecule has 1 aliphatic rings. The van der Waals surface area contributed by atoms with Gasteiger partial charge >= 0.3 is 5.97 Å². The van der Waals surface area contributed by atoms with E-state index in [2.05, 4.69) is 0 Å². The van der Waals surface area contributed by atoms with Gasteiger partial charge in [-0.1, -0.05) is 62.4 Å². The molecule has 2 unspecified atom stereocenters. The van der Waals surface area contributed by atoms with Crippen molar-refractivity contribution in [2.75, 3.05) is 14.2 Å². The van der Waals surface area contributed by atoms with E-state index in [4.69, 9.17) is 14.2 Å². The minimum Gasteiger partial charge on any atom is -0.493 e. The molecule has 0 spiro atoms. The molecule has 3 aromatic rings. The first kappa shape index (κ1) is 35.7. The molecule has 11 nitrogen and oxygen atoms in total. The number of hydrogen-bond acceptors (Lipinski definition) is 8. The lowest BCUT2D eigenvalue weighted by molar-refractivity contribution is -0.177. The second-order valence-electron chi connectivity index (χ2n) is 12.1. The maximum absolute atomic E-state index is 14.9. The highest BCUT2D eigenvalue weighted by molar-refractivity contribution is 6.03. The van der Waals surface area contributed by atoms with Crippen molar-refractivity contribution in [2.24, 2.45) is 5.92 Å². The normalized spacial score (nSPS) is 15.9. The van der Waals surface area contributed by atoms with Crippen LogP contribution in [0.3, 0.4) is 0 Å². The SMILES string of the molecule is COc1ccc(C2=CN(C(=O)c3ccccc3)C(C(C)C)C(=O)N2N(C(C)=O)[C@@H](Cc2ccccc2)C(O)C(=O)OC(C)C)cc1OC. The monoisotopic (exact) mass is 657 g/mol. The van der Waals surface area contributed by atoms with Crippen molar-refractivity contribution in [3.05, 3.63) is 102 Å². The maximum atomic E-state index is 14.9. The number of rotatable bonds is 12. The number of benzene rings is 3. The van der Waals surface area contributed by atoms with Gasteiger partial charge in [0.1, 0.15) is 6.04 Å². The quantitative estimate of drug-likeness (QED) is 0.278. The van der Waals surface area contributed by atoms with E-state index in [1.165, 1.54) is 37.3 Å². The van der Waals surface area contributed by atoms with Gasteiger partial charge < -0.3 is 19.3 Å². The van der Waals surface area contributed by atoms with Gasteiger partial charge in [-0.2, -0.15) is 0 Å². The third-order valence-electron chi connectivity index (χ3n) is 7.91. The van der Waals surface area contributed by atoms with Crippen molar-refractivity contribution in [2.45, 2.75) is 65.3 Å². The second-order valence-corrected chi connectivity index (χ2v) is 12.1. The molecule has 11 heteroatoms. The highest BCUT2D eigenvalue weighted by Gasteiger charge is 2.47. The van der Waals surface area contributed by atoms with Gasteiger partial charge in [0.15, 0.2) is 17.6 Å². The van der Waals surface area contributed by atoms with Gasteiger partial charge in [0, 0.05) is 24.3 Å². The molecule has 3 amide bonds. The molecule has 254 valence electrons. The van der Waals surface area contributed by atoms with E-state index in [9.17, 15) is 24.3 Å². The highest BCUT2D eigenvalue weighted by atomic mass is 16.6. The predicted molar refractivity (Wildman–Crippen MR) is 179 cm³/mol. The number of carbonyl (C=O) groups excluding carboxylic acids is 4. The van der Waals surface area contributed by atoms with Crippen LogP contribution in [0.15, 0.2) is 85.1 Å². The number of nitrogens with zero attached hydrogens (tertiary/aromatic N) is 3. The molecule has 0 bridgehead atoms. The number of esters is 1. The number of carbonyl (C=O) groups is 4. The molecule has 0 aromatic heterocycles. The maximum Gasteiger partial charge on any atom is 0.337 e. The van der Waals surface area contributed by atoms with Crippen LogP contribution in [0.1, 0.15) is 56.1 Å².